The molecule has 1 amide bonds. The van der Waals surface area contributed by atoms with Crippen molar-refractivity contribution in [3.8, 4) is 0 Å². The first kappa shape index (κ1) is 9.93. The first-order chi connectivity index (χ1) is 6.75. The third-order valence-corrected chi connectivity index (χ3v) is 3.76. The maximum Gasteiger partial charge on any atom is 0.261 e. The van der Waals surface area contributed by atoms with Gasteiger partial charge in [-0.3, -0.25) is 4.79 Å². The van der Waals surface area contributed by atoms with Crippen molar-refractivity contribution in [3.05, 3.63) is 32.9 Å². The molecular formula is C10H10BrNOS. The Hall–Kier alpha value is -0.610. The van der Waals surface area contributed by atoms with Crippen LogP contribution in [-0.4, -0.2) is 11.9 Å². The minimum absolute atomic E-state index is 0.0365. The third kappa shape index (κ3) is 2.25. The number of nitrogens with one attached hydrogen (secondary N) is 1. The van der Waals surface area contributed by atoms with E-state index in [0.717, 1.165) is 21.5 Å². The molecule has 1 aromatic rings. The van der Waals surface area contributed by atoms with Crippen molar-refractivity contribution in [2.45, 2.75) is 18.9 Å². The van der Waals surface area contributed by atoms with Gasteiger partial charge in [-0.1, -0.05) is 12.2 Å². The molecule has 0 fully saturated rings. The zero-order valence-corrected chi connectivity index (χ0v) is 9.90. The molecule has 1 aliphatic rings. The molecule has 0 aromatic carbocycles. The van der Waals surface area contributed by atoms with Crippen molar-refractivity contribution in [2.75, 3.05) is 0 Å². The van der Waals surface area contributed by atoms with E-state index in [-0.39, 0.29) is 5.91 Å². The monoisotopic (exact) mass is 271 g/mol. The van der Waals surface area contributed by atoms with Crippen LogP contribution in [0.3, 0.4) is 0 Å². The number of amides is 1. The number of halogens is 1. The molecule has 0 radical (unpaired) electrons. The fourth-order valence-corrected chi connectivity index (χ4v) is 2.72. The molecule has 0 bridgehead atoms. The van der Waals surface area contributed by atoms with Crippen LogP contribution >= 0.6 is 27.3 Å². The van der Waals surface area contributed by atoms with E-state index in [0.29, 0.717) is 6.04 Å². The van der Waals surface area contributed by atoms with Gasteiger partial charge < -0.3 is 5.32 Å². The Balaban J connectivity index is 1.95. The molecule has 2 rings (SSSR count). The Morgan fingerprint density at radius 2 is 2.14 bits per heavy atom. The number of carbonyl (C=O) groups is 1. The van der Waals surface area contributed by atoms with Gasteiger partial charge in [0.05, 0.1) is 8.66 Å². The highest BCUT2D eigenvalue weighted by molar-refractivity contribution is 9.11. The molecule has 0 saturated carbocycles. The van der Waals surface area contributed by atoms with Crippen LogP contribution in [-0.2, 0) is 0 Å². The lowest BCUT2D eigenvalue weighted by Gasteiger charge is -2.10. The van der Waals surface area contributed by atoms with E-state index in [1.807, 2.05) is 12.1 Å². The van der Waals surface area contributed by atoms with Gasteiger partial charge in [0.2, 0.25) is 0 Å². The molecule has 0 spiro atoms. The summed E-state index contributed by atoms with van der Waals surface area (Å²) in [5.74, 6) is 0.0365. The summed E-state index contributed by atoms with van der Waals surface area (Å²) in [5.41, 5.74) is 0. The maximum atomic E-state index is 11.7. The lowest BCUT2D eigenvalue weighted by Crippen LogP contribution is -2.32. The molecule has 1 heterocycles. The predicted molar refractivity (Wildman–Crippen MR) is 61.6 cm³/mol. The molecule has 1 aliphatic carbocycles. The molecule has 14 heavy (non-hydrogen) atoms. The highest BCUT2D eigenvalue weighted by Gasteiger charge is 2.15. The van der Waals surface area contributed by atoms with Crippen LogP contribution in [0, 0.1) is 0 Å². The average Bonchev–Trinajstić information content (AvgIpc) is 2.75. The Morgan fingerprint density at radius 3 is 2.71 bits per heavy atom. The van der Waals surface area contributed by atoms with Crippen LogP contribution in [0.5, 0.6) is 0 Å². The van der Waals surface area contributed by atoms with Gasteiger partial charge in [-0.15, -0.1) is 11.3 Å². The Morgan fingerprint density at radius 1 is 1.43 bits per heavy atom. The van der Waals surface area contributed by atoms with Gasteiger partial charge in [-0.25, -0.2) is 0 Å². The van der Waals surface area contributed by atoms with Crippen LogP contribution in [0.1, 0.15) is 22.5 Å². The standard InChI is InChI=1S/C10H10BrNOS/c11-9-6-5-8(14-9)10(13)12-7-3-1-2-4-7/h1-2,5-7H,3-4H2,(H,12,13). The van der Waals surface area contributed by atoms with Crippen molar-refractivity contribution < 1.29 is 4.79 Å². The highest BCUT2D eigenvalue weighted by Crippen LogP contribution is 2.22. The fourth-order valence-electron chi connectivity index (χ4n) is 1.43. The van der Waals surface area contributed by atoms with Crippen LogP contribution in [0.2, 0.25) is 0 Å². The van der Waals surface area contributed by atoms with Gasteiger partial charge in [0.1, 0.15) is 0 Å². The van der Waals surface area contributed by atoms with Crippen molar-refractivity contribution in [2.24, 2.45) is 0 Å². The highest BCUT2D eigenvalue weighted by atomic mass is 79.9. The Labute approximate surface area is 95.1 Å². The summed E-state index contributed by atoms with van der Waals surface area (Å²) < 4.78 is 0.993. The molecule has 4 heteroatoms. The summed E-state index contributed by atoms with van der Waals surface area (Å²) >= 11 is 4.80. The summed E-state index contributed by atoms with van der Waals surface area (Å²) in [6.45, 7) is 0. The molecular weight excluding hydrogens is 262 g/mol. The minimum Gasteiger partial charge on any atom is -0.348 e. The number of hydrogen-bond acceptors (Lipinski definition) is 2. The van der Waals surface area contributed by atoms with E-state index in [1.54, 1.807) is 0 Å². The molecule has 0 atom stereocenters. The van der Waals surface area contributed by atoms with Gasteiger partial charge in [0.15, 0.2) is 0 Å². The van der Waals surface area contributed by atoms with E-state index in [9.17, 15) is 4.79 Å². The number of hydrogen-bond donors (Lipinski definition) is 1. The fraction of sp³-hybridized carbons (Fsp3) is 0.300. The normalized spacial score (nSPS) is 16.1. The molecule has 0 aliphatic heterocycles. The summed E-state index contributed by atoms with van der Waals surface area (Å²) in [4.78, 5) is 12.4. The van der Waals surface area contributed by atoms with Crippen molar-refractivity contribution in [3.63, 3.8) is 0 Å². The van der Waals surface area contributed by atoms with Crippen molar-refractivity contribution >= 4 is 33.2 Å². The Bertz CT molecular complexity index is 364. The molecule has 1 aromatic heterocycles. The van der Waals surface area contributed by atoms with Crippen LogP contribution in [0.25, 0.3) is 0 Å². The average molecular weight is 272 g/mol. The number of carbonyl (C=O) groups excluding carboxylic acids is 1. The zero-order valence-electron chi connectivity index (χ0n) is 7.50. The van der Waals surface area contributed by atoms with E-state index < -0.39 is 0 Å². The van der Waals surface area contributed by atoms with E-state index >= 15 is 0 Å². The second kappa shape index (κ2) is 4.28. The maximum absolute atomic E-state index is 11.7. The van der Waals surface area contributed by atoms with Crippen LogP contribution < -0.4 is 5.32 Å². The quantitative estimate of drug-likeness (QED) is 0.824. The third-order valence-electron chi connectivity index (χ3n) is 2.14. The topological polar surface area (TPSA) is 29.1 Å². The lowest BCUT2D eigenvalue weighted by molar-refractivity contribution is 0.0943. The first-order valence-corrected chi connectivity index (χ1v) is 6.08. The van der Waals surface area contributed by atoms with Gasteiger partial charge in [0.25, 0.3) is 5.91 Å². The minimum atomic E-state index is 0.0365. The van der Waals surface area contributed by atoms with Gasteiger partial charge in [0, 0.05) is 6.04 Å². The molecule has 0 unspecified atom stereocenters. The van der Waals surface area contributed by atoms with E-state index in [2.05, 4.69) is 33.4 Å². The van der Waals surface area contributed by atoms with Gasteiger partial charge in [-0.2, -0.15) is 0 Å². The summed E-state index contributed by atoms with van der Waals surface area (Å²) in [6.07, 6.45) is 6.13. The van der Waals surface area contributed by atoms with Crippen LogP contribution in [0.15, 0.2) is 28.1 Å². The van der Waals surface area contributed by atoms with Crippen molar-refractivity contribution in [1.29, 1.82) is 0 Å². The van der Waals surface area contributed by atoms with Gasteiger partial charge >= 0.3 is 0 Å². The smallest absolute Gasteiger partial charge is 0.261 e. The summed E-state index contributed by atoms with van der Waals surface area (Å²) in [7, 11) is 0. The number of rotatable bonds is 2. The second-order valence-electron chi connectivity index (χ2n) is 3.22. The molecule has 2 nitrogen and oxygen atoms in total. The largest absolute Gasteiger partial charge is 0.348 e. The molecule has 74 valence electrons. The SMILES string of the molecule is O=C(NC1CC=CC1)c1ccc(Br)s1. The summed E-state index contributed by atoms with van der Waals surface area (Å²) in [5, 5.41) is 3.00. The second-order valence-corrected chi connectivity index (χ2v) is 5.68. The van der Waals surface area contributed by atoms with Crippen LogP contribution in [0.4, 0.5) is 0 Å². The summed E-state index contributed by atoms with van der Waals surface area (Å²) in [6, 6.07) is 4.03. The lowest BCUT2D eigenvalue weighted by atomic mass is 10.2. The van der Waals surface area contributed by atoms with Crippen molar-refractivity contribution in [1.82, 2.24) is 5.32 Å². The zero-order chi connectivity index (χ0) is 9.97. The molecule has 0 saturated heterocycles. The first-order valence-electron chi connectivity index (χ1n) is 4.47. The Kier molecular flexibility index (Phi) is 3.03. The van der Waals surface area contributed by atoms with E-state index in [1.165, 1.54) is 11.3 Å². The molecule has 1 N–H and O–H groups in total. The van der Waals surface area contributed by atoms with E-state index in [4.69, 9.17) is 0 Å². The number of thiophene rings is 1. The predicted octanol–water partition coefficient (Wildman–Crippen LogP) is 2.96. The van der Waals surface area contributed by atoms with Gasteiger partial charge in [-0.05, 0) is 40.9 Å².